The predicted molar refractivity (Wildman–Crippen MR) is 157 cm³/mol. The van der Waals surface area contributed by atoms with Crippen LogP contribution in [0.2, 0.25) is 0 Å². The van der Waals surface area contributed by atoms with Crippen LogP contribution in [0.3, 0.4) is 0 Å². The number of rotatable bonds is 17. The lowest BCUT2D eigenvalue weighted by Gasteiger charge is -2.49. The van der Waals surface area contributed by atoms with Crippen LogP contribution in [0, 0.1) is 0 Å². The zero-order valence-electron chi connectivity index (χ0n) is 26.6. The number of carboxylic acids is 1. The van der Waals surface area contributed by atoms with Gasteiger partial charge in [-0.3, -0.25) is 18.2 Å². The molecule has 312 valence electrons. The van der Waals surface area contributed by atoms with Crippen LogP contribution in [0.1, 0.15) is 0 Å². The van der Waals surface area contributed by atoms with Gasteiger partial charge in [-0.25, -0.2) is 13.2 Å². The van der Waals surface area contributed by atoms with Crippen LogP contribution in [0.25, 0.3) is 0 Å². The van der Waals surface area contributed by atoms with E-state index in [0.717, 1.165) is 14.2 Å². The van der Waals surface area contributed by atoms with Crippen molar-refractivity contribution in [3.8, 4) is 0 Å². The van der Waals surface area contributed by atoms with E-state index in [9.17, 15) is 77.7 Å². The largest absolute Gasteiger partial charge is 0.479 e. The molecular formula is C20H36N2O27S4. The third-order valence-electron chi connectivity index (χ3n) is 7.56. The maximum absolute atomic E-state index is 12.4. The molecule has 0 aromatic heterocycles. The van der Waals surface area contributed by atoms with Crippen molar-refractivity contribution in [1.82, 2.24) is 9.44 Å². The van der Waals surface area contributed by atoms with Gasteiger partial charge in [-0.1, -0.05) is 0 Å². The smallest absolute Gasteiger partial charge is 0.397 e. The van der Waals surface area contributed by atoms with E-state index in [1.165, 1.54) is 9.44 Å². The van der Waals surface area contributed by atoms with Gasteiger partial charge in [0.2, 0.25) is 0 Å². The lowest BCUT2D eigenvalue weighted by atomic mass is 9.95. The van der Waals surface area contributed by atoms with Gasteiger partial charge in [-0.15, -0.1) is 0 Å². The molecule has 29 nitrogen and oxygen atoms in total. The zero-order chi connectivity index (χ0) is 40.4. The van der Waals surface area contributed by atoms with Crippen LogP contribution in [0.4, 0.5) is 0 Å². The van der Waals surface area contributed by atoms with Gasteiger partial charge in [-0.2, -0.15) is 43.1 Å². The fraction of sp³-hybridized carbons (Fsp3) is 0.950. The number of hydrogen-bond acceptors (Lipinski definition) is 22. The van der Waals surface area contributed by atoms with Crippen molar-refractivity contribution in [3.63, 3.8) is 0 Å². The van der Waals surface area contributed by atoms with Gasteiger partial charge < -0.3 is 58.7 Å². The second-order valence-corrected chi connectivity index (χ2v) is 15.6. The summed E-state index contributed by atoms with van der Waals surface area (Å²) < 4.78 is 178. The number of nitrogens with one attached hydrogen (secondary N) is 2. The fourth-order valence-corrected chi connectivity index (χ4v) is 7.47. The molecule has 1 unspecified atom stereocenters. The number of methoxy groups -OCH3 is 2. The highest BCUT2D eigenvalue weighted by molar-refractivity contribution is 7.84. The molecule has 3 rings (SSSR count). The number of aliphatic hydroxyl groups is 4. The van der Waals surface area contributed by atoms with Crippen LogP contribution < -0.4 is 9.44 Å². The average molecular weight is 865 g/mol. The Balaban J connectivity index is 2.05. The van der Waals surface area contributed by atoms with E-state index in [1.54, 1.807) is 0 Å². The monoisotopic (exact) mass is 864 g/mol. The lowest BCUT2D eigenvalue weighted by Crippen LogP contribution is -2.70. The first-order valence-corrected chi connectivity index (χ1v) is 19.8. The van der Waals surface area contributed by atoms with Crippen molar-refractivity contribution in [1.29, 1.82) is 0 Å². The molecule has 0 aliphatic carbocycles. The van der Waals surface area contributed by atoms with Gasteiger partial charge in [0.1, 0.15) is 60.9 Å². The highest BCUT2D eigenvalue weighted by Gasteiger charge is 2.58. The molecule has 3 aliphatic rings. The first kappa shape index (κ1) is 45.9. The summed E-state index contributed by atoms with van der Waals surface area (Å²) in [5.41, 5.74) is 0. The molecular weight excluding hydrogens is 828 g/mol. The number of aliphatic hydroxyl groups excluding tert-OH is 4. The quantitative estimate of drug-likeness (QED) is 0.0605. The Kier molecular flexibility index (Phi) is 15.4. The Morgan fingerprint density at radius 2 is 1.15 bits per heavy atom. The summed E-state index contributed by atoms with van der Waals surface area (Å²) in [5.74, 6) is -2.10. The molecule has 0 aromatic rings. The Hall–Kier alpha value is -1.49. The van der Waals surface area contributed by atoms with Gasteiger partial charge >= 0.3 is 47.4 Å². The summed E-state index contributed by atoms with van der Waals surface area (Å²) in [6, 6.07) is -4.23. The number of carboxylic acid groups (broad SMARTS) is 1. The predicted octanol–water partition coefficient (Wildman–Crippen LogP) is -7.72. The van der Waals surface area contributed by atoms with Gasteiger partial charge in [0.25, 0.3) is 0 Å². The number of aliphatic carboxylic acids is 1. The van der Waals surface area contributed by atoms with Crippen LogP contribution in [0.15, 0.2) is 0 Å². The summed E-state index contributed by atoms with van der Waals surface area (Å²) >= 11 is 0. The SMILES string of the molecule is CO[C@H]1O[C@H](CO)[C@@H](O[C@H]2O[C@H](C(=O)O)[C@@H](OC3O[C@H](COS(=O)(=O)O)[C@@H](OC)[C@H](O)[C@H]3NS(=O)(=O)O)[C@H](O)[C@H]2OS(=O)(=O)O)[C@H](O)[C@H]1NS(=O)(=O)O. The molecule has 0 bridgehead atoms. The second-order valence-electron chi connectivity index (χ2n) is 11.1. The molecule has 0 amide bonds. The van der Waals surface area contributed by atoms with Gasteiger partial charge in [0, 0.05) is 14.2 Å². The minimum atomic E-state index is -5.71. The Morgan fingerprint density at radius 1 is 0.642 bits per heavy atom. The van der Waals surface area contributed by atoms with E-state index in [-0.39, 0.29) is 0 Å². The van der Waals surface area contributed by atoms with E-state index in [4.69, 9.17) is 37.7 Å². The summed E-state index contributed by atoms with van der Waals surface area (Å²) in [7, 11) is -19.6. The van der Waals surface area contributed by atoms with E-state index < -0.39 is 153 Å². The van der Waals surface area contributed by atoms with Gasteiger partial charge in [0.05, 0.1) is 13.2 Å². The van der Waals surface area contributed by atoms with Crippen LogP contribution >= 0.6 is 0 Å². The molecule has 0 radical (unpaired) electrons. The van der Waals surface area contributed by atoms with E-state index in [2.05, 4.69) is 8.37 Å². The van der Waals surface area contributed by atoms with Crippen LogP contribution in [-0.2, 0) is 87.7 Å². The third kappa shape index (κ3) is 12.5. The maximum atomic E-state index is 12.4. The first-order valence-electron chi connectivity index (χ1n) is 14.2. The average Bonchev–Trinajstić information content (AvgIpc) is 3.00. The van der Waals surface area contributed by atoms with Crippen molar-refractivity contribution in [2.45, 2.75) is 92.0 Å². The fourth-order valence-electron chi connectivity index (χ4n) is 5.48. The summed E-state index contributed by atoms with van der Waals surface area (Å²) in [6.07, 6.45) is -29.4. The standard InChI is InChI=1S/C20H36N2O27S4/c1-41-12-6(4-43-52(35,36)37)45-19(8(9(12)24)22-51(32,33)34)47-14-11(26)15(49-53(38,39)40)20(48-16(14)17(27)28)46-13-5(3-23)44-18(42-2)7(10(13)25)21-50(29,30)31/h5-16,18-26H,3-4H2,1-2H3,(H,27,28)(H,29,30,31)(H,32,33,34)(H,35,36,37)(H,38,39,40)/t5-,6-,7-,8-,9-,10-,11+,12-,13-,14+,15-,16+,18+,19?,20+/m1/s1. The molecule has 3 heterocycles. The molecule has 0 saturated carbocycles. The number of ether oxygens (including phenoxy) is 7. The third-order valence-corrected chi connectivity index (χ3v) is 9.60. The maximum Gasteiger partial charge on any atom is 0.397 e. The molecule has 15 atom stereocenters. The molecule has 3 aliphatic heterocycles. The molecule has 3 saturated heterocycles. The summed E-state index contributed by atoms with van der Waals surface area (Å²) in [6.45, 7) is -2.31. The van der Waals surface area contributed by atoms with Crippen molar-refractivity contribution in [3.05, 3.63) is 0 Å². The lowest BCUT2D eigenvalue weighted by molar-refractivity contribution is -0.359. The minimum absolute atomic E-state index is 0.895. The van der Waals surface area contributed by atoms with E-state index in [0.29, 0.717) is 0 Å². The van der Waals surface area contributed by atoms with Crippen molar-refractivity contribution in [2.75, 3.05) is 27.4 Å². The normalized spacial score (nSPS) is 39.1. The Morgan fingerprint density at radius 3 is 1.60 bits per heavy atom. The summed E-state index contributed by atoms with van der Waals surface area (Å²) in [4.78, 5) is 12.4. The van der Waals surface area contributed by atoms with Gasteiger partial charge in [0.15, 0.2) is 31.1 Å². The van der Waals surface area contributed by atoms with Crippen LogP contribution in [-0.4, -0.2) is 203 Å². The number of carbonyl (C=O) groups is 1. The molecule has 53 heavy (non-hydrogen) atoms. The molecule has 3 fully saturated rings. The topological polar surface area (TPSA) is 443 Å². The highest BCUT2D eigenvalue weighted by Crippen LogP contribution is 2.35. The van der Waals surface area contributed by atoms with E-state index >= 15 is 0 Å². The first-order chi connectivity index (χ1) is 24.2. The van der Waals surface area contributed by atoms with Crippen molar-refractivity contribution >= 4 is 47.4 Å². The molecule has 33 heteroatoms. The van der Waals surface area contributed by atoms with Crippen molar-refractivity contribution in [2.24, 2.45) is 0 Å². The Bertz CT molecular complexity index is 1690. The Labute approximate surface area is 299 Å². The van der Waals surface area contributed by atoms with E-state index in [1.807, 2.05) is 0 Å². The van der Waals surface area contributed by atoms with Gasteiger partial charge in [-0.05, 0) is 0 Å². The number of hydrogen-bond donors (Lipinski definition) is 11. The molecule has 11 N–H and O–H groups in total. The molecule has 0 spiro atoms. The summed E-state index contributed by atoms with van der Waals surface area (Å²) in [5, 5.41) is 53.0. The van der Waals surface area contributed by atoms with Crippen molar-refractivity contribution < 1.29 is 124 Å². The second kappa shape index (κ2) is 17.8. The minimum Gasteiger partial charge on any atom is -0.479 e. The highest BCUT2D eigenvalue weighted by atomic mass is 32.3. The molecule has 0 aromatic carbocycles. The van der Waals surface area contributed by atoms with Crippen LogP contribution in [0.5, 0.6) is 0 Å². The zero-order valence-corrected chi connectivity index (χ0v) is 29.8.